The summed E-state index contributed by atoms with van der Waals surface area (Å²) >= 11 is 0. The molecule has 120 valence electrons. The van der Waals surface area contributed by atoms with Crippen LogP contribution in [0.4, 0.5) is 11.4 Å². The predicted octanol–water partition coefficient (Wildman–Crippen LogP) is 2.72. The average Bonchev–Trinajstić information content (AvgIpc) is 3.18. The van der Waals surface area contributed by atoms with E-state index in [1.807, 2.05) is 42.5 Å². The topological polar surface area (TPSA) is 78.1 Å². The molecule has 1 aromatic heterocycles. The number of nitrogens with one attached hydrogen (secondary N) is 2. The predicted molar refractivity (Wildman–Crippen MR) is 92.2 cm³/mol. The highest BCUT2D eigenvalue weighted by molar-refractivity contribution is 6.11. The summed E-state index contributed by atoms with van der Waals surface area (Å²) in [6, 6.07) is 13.1. The van der Waals surface area contributed by atoms with Gasteiger partial charge in [-0.15, -0.1) is 0 Å². The Labute approximate surface area is 138 Å². The number of hydrogen-bond acceptors (Lipinski definition) is 3. The number of H-pyrrole nitrogens is 1. The van der Waals surface area contributed by atoms with Gasteiger partial charge in [0.25, 0.3) is 5.91 Å². The van der Waals surface area contributed by atoms with Gasteiger partial charge in [0.1, 0.15) is 0 Å². The second kappa shape index (κ2) is 5.49. The SMILES string of the molecule is CC(=O)N1CCc2cc(NC(=O)c3n[nH]c4ccccc34)ccc21. The molecule has 0 fully saturated rings. The number of aromatic amines is 1. The number of carbonyl (C=O) groups is 2. The molecule has 0 spiro atoms. The monoisotopic (exact) mass is 320 g/mol. The lowest BCUT2D eigenvalue weighted by molar-refractivity contribution is -0.116. The molecule has 0 unspecified atom stereocenters. The van der Waals surface area contributed by atoms with E-state index in [2.05, 4.69) is 15.5 Å². The van der Waals surface area contributed by atoms with Crippen molar-refractivity contribution >= 4 is 34.1 Å². The molecule has 0 bridgehead atoms. The number of aromatic nitrogens is 2. The van der Waals surface area contributed by atoms with Gasteiger partial charge >= 0.3 is 0 Å². The highest BCUT2D eigenvalue weighted by Gasteiger charge is 2.22. The van der Waals surface area contributed by atoms with Crippen molar-refractivity contribution in [2.75, 3.05) is 16.8 Å². The first kappa shape index (κ1) is 14.4. The van der Waals surface area contributed by atoms with E-state index in [0.29, 0.717) is 17.9 Å². The molecule has 2 amide bonds. The summed E-state index contributed by atoms with van der Waals surface area (Å²) < 4.78 is 0. The van der Waals surface area contributed by atoms with Gasteiger partial charge < -0.3 is 10.2 Å². The van der Waals surface area contributed by atoms with Crippen LogP contribution < -0.4 is 10.2 Å². The van der Waals surface area contributed by atoms with E-state index in [9.17, 15) is 9.59 Å². The third kappa shape index (κ3) is 2.32. The zero-order valence-electron chi connectivity index (χ0n) is 13.2. The Morgan fingerprint density at radius 2 is 2.04 bits per heavy atom. The molecule has 0 radical (unpaired) electrons. The van der Waals surface area contributed by atoms with E-state index in [1.165, 1.54) is 0 Å². The molecule has 2 aromatic carbocycles. The maximum absolute atomic E-state index is 12.5. The standard InChI is InChI=1S/C18H16N4O2/c1-11(23)22-9-8-12-10-13(6-7-16(12)22)19-18(24)17-14-4-2-3-5-15(14)20-21-17/h2-7,10H,8-9H2,1H3,(H,19,24)(H,20,21). The molecular weight excluding hydrogens is 304 g/mol. The molecule has 1 aliphatic rings. The highest BCUT2D eigenvalue weighted by atomic mass is 16.2. The third-order valence-electron chi connectivity index (χ3n) is 4.30. The first-order valence-corrected chi connectivity index (χ1v) is 7.79. The number of carbonyl (C=O) groups excluding carboxylic acids is 2. The first-order chi connectivity index (χ1) is 11.6. The van der Waals surface area contributed by atoms with E-state index in [4.69, 9.17) is 0 Å². The Morgan fingerprint density at radius 1 is 1.21 bits per heavy atom. The summed E-state index contributed by atoms with van der Waals surface area (Å²) in [4.78, 5) is 25.9. The van der Waals surface area contributed by atoms with Crippen LogP contribution in [-0.2, 0) is 11.2 Å². The maximum Gasteiger partial charge on any atom is 0.276 e. The Morgan fingerprint density at radius 3 is 2.88 bits per heavy atom. The van der Waals surface area contributed by atoms with Gasteiger partial charge in [-0.3, -0.25) is 14.7 Å². The van der Waals surface area contributed by atoms with Gasteiger partial charge in [0.15, 0.2) is 5.69 Å². The quantitative estimate of drug-likeness (QED) is 0.762. The van der Waals surface area contributed by atoms with Crippen LogP contribution >= 0.6 is 0 Å². The van der Waals surface area contributed by atoms with Crippen LogP contribution in [0.5, 0.6) is 0 Å². The smallest absolute Gasteiger partial charge is 0.276 e. The van der Waals surface area contributed by atoms with Crippen molar-refractivity contribution in [2.45, 2.75) is 13.3 Å². The van der Waals surface area contributed by atoms with Gasteiger partial charge in [0.2, 0.25) is 5.91 Å². The summed E-state index contributed by atoms with van der Waals surface area (Å²) in [5, 5.41) is 10.6. The lowest BCUT2D eigenvalue weighted by Gasteiger charge is -2.15. The van der Waals surface area contributed by atoms with Crippen molar-refractivity contribution in [3.05, 3.63) is 53.7 Å². The number of rotatable bonds is 2. The molecule has 24 heavy (non-hydrogen) atoms. The van der Waals surface area contributed by atoms with Crippen LogP contribution in [0.2, 0.25) is 0 Å². The van der Waals surface area contributed by atoms with Crippen LogP contribution in [0.3, 0.4) is 0 Å². The summed E-state index contributed by atoms with van der Waals surface area (Å²) in [6.07, 6.45) is 0.796. The summed E-state index contributed by atoms with van der Waals surface area (Å²) in [7, 11) is 0. The average molecular weight is 320 g/mol. The third-order valence-corrected chi connectivity index (χ3v) is 4.30. The van der Waals surface area contributed by atoms with Crippen LogP contribution in [0.15, 0.2) is 42.5 Å². The Balaban J connectivity index is 1.60. The number of benzene rings is 2. The maximum atomic E-state index is 12.5. The van der Waals surface area contributed by atoms with Gasteiger partial charge in [0.05, 0.1) is 5.52 Å². The second-order valence-corrected chi connectivity index (χ2v) is 5.84. The lowest BCUT2D eigenvalue weighted by Crippen LogP contribution is -2.25. The molecule has 0 saturated carbocycles. The Bertz CT molecular complexity index is 961. The highest BCUT2D eigenvalue weighted by Crippen LogP contribution is 2.30. The minimum atomic E-state index is -0.256. The van der Waals surface area contributed by atoms with Crippen molar-refractivity contribution in [2.24, 2.45) is 0 Å². The Kier molecular flexibility index (Phi) is 3.30. The summed E-state index contributed by atoms with van der Waals surface area (Å²) in [5.74, 6) is -0.220. The largest absolute Gasteiger partial charge is 0.321 e. The minimum Gasteiger partial charge on any atom is -0.321 e. The summed E-state index contributed by atoms with van der Waals surface area (Å²) in [5.41, 5.74) is 3.89. The van der Waals surface area contributed by atoms with Crippen molar-refractivity contribution in [1.29, 1.82) is 0 Å². The van der Waals surface area contributed by atoms with Gasteiger partial charge in [0, 0.05) is 30.2 Å². The normalized spacial score (nSPS) is 13.1. The molecule has 6 nitrogen and oxygen atoms in total. The zero-order valence-corrected chi connectivity index (χ0v) is 13.2. The number of para-hydroxylation sites is 1. The van der Waals surface area contributed by atoms with Gasteiger partial charge in [-0.2, -0.15) is 5.10 Å². The second-order valence-electron chi connectivity index (χ2n) is 5.84. The molecule has 6 heteroatoms. The van der Waals surface area contributed by atoms with Gasteiger partial charge in [-0.05, 0) is 36.2 Å². The molecule has 4 rings (SSSR count). The van der Waals surface area contributed by atoms with Crippen molar-refractivity contribution in [1.82, 2.24) is 10.2 Å². The van der Waals surface area contributed by atoms with Crippen LogP contribution in [-0.4, -0.2) is 28.6 Å². The zero-order chi connectivity index (χ0) is 16.7. The number of anilines is 2. The molecule has 1 aliphatic heterocycles. The van der Waals surface area contributed by atoms with E-state index in [-0.39, 0.29) is 11.8 Å². The molecule has 0 saturated heterocycles. The molecule has 2 heterocycles. The molecule has 0 aliphatic carbocycles. The number of amides is 2. The van der Waals surface area contributed by atoms with Crippen molar-refractivity contribution < 1.29 is 9.59 Å². The van der Waals surface area contributed by atoms with Gasteiger partial charge in [-0.25, -0.2) is 0 Å². The number of fused-ring (bicyclic) bond motifs is 2. The Hall–Kier alpha value is -3.15. The number of hydrogen-bond donors (Lipinski definition) is 2. The lowest BCUT2D eigenvalue weighted by atomic mass is 10.1. The van der Waals surface area contributed by atoms with E-state index in [0.717, 1.165) is 28.6 Å². The van der Waals surface area contributed by atoms with Crippen molar-refractivity contribution in [3.8, 4) is 0 Å². The molecule has 0 atom stereocenters. The first-order valence-electron chi connectivity index (χ1n) is 7.79. The number of nitrogens with zero attached hydrogens (tertiary/aromatic N) is 2. The van der Waals surface area contributed by atoms with E-state index >= 15 is 0 Å². The molecule has 2 N–H and O–H groups in total. The van der Waals surface area contributed by atoms with Gasteiger partial charge in [-0.1, -0.05) is 18.2 Å². The van der Waals surface area contributed by atoms with Crippen LogP contribution in [0.1, 0.15) is 23.0 Å². The van der Waals surface area contributed by atoms with Crippen LogP contribution in [0, 0.1) is 0 Å². The molecular formula is C18H16N4O2. The summed E-state index contributed by atoms with van der Waals surface area (Å²) in [6.45, 7) is 2.25. The fraction of sp³-hybridized carbons (Fsp3) is 0.167. The fourth-order valence-corrected chi connectivity index (χ4v) is 3.13. The fourth-order valence-electron chi connectivity index (χ4n) is 3.13. The van der Waals surface area contributed by atoms with E-state index in [1.54, 1.807) is 11.8 Å². The van der Waals surface area contributed by atoms with Crippen LogP contribution in [0.25, 0.3) is 10.9 Å². The minimum absolute atomic E-state index is 0.0357. The van der Waals surface area contributed by atoms with Crippen molar-refractivity contribution in [3.63, 3.8) is 0 Å². The molecule has 3 aromatic rings. The van der Waals surface area contributed by atoms with E-state index < -0.39 is 0 Å².